The maximum Gasteiger partial charge on any atom is 0.297 e. The summed E-state index contributed by atoms with van der Waals surface area (Å²) in [6.07, 6.45) is 1.72. The highest BCUT2D eigenvalue weighted by Gasteiger charge is 2.32. The highest BCUT2D eigenvalue weighted by molar-refractivity contribution is 6.20. The number of nitrogens with one attached hydrogen (secondary N) is 1. The number of nitrogens with zero attached hydrogens (tertiary/aromatic N) is 3. The quantitative estimate of drug-likeness (QED) is 0.756. The molecular weight excluding hydrogens is 352 g/mol. The van der Waals surface area contributed by atoms with Gasteiger partial charge in [-0.15, -0.1) is 0 Å². The van der Waals surface area contributed by atoms with E-state index in [4.69, 9.17) is 0 Å². The van der Waals surface area contributed by atoms with Gasteiger partial charge in [0, 0.05) is 5.56 Å². The first-order valence-corrected chi connectivity index (χ1v) is 9.39. The van der Waals surface area contributed by atoms with Crippen LogP contribution in [0.1, 0.15) is 25.0 Å². The monoisotopic (exact) mass is 376 g/mol. The van der Waals surface area contributed by atoms with Crippen molar-refractivity contribution in [1.82, 2.24) is 15.3 Å². The van der Waals surface area contributed by atoms with Gasteiger partial charge in [0.2, 0.25) is 0 Å². The van der Waals surface area contributed by atoms with Crippen LogP contribution in [0.15, 0.2) is 71.4 Å². The number of aliphatic imine (C=N–C) groups is 1. The number of amidine groups is 1. The largest absolute Gasteiger partial charge is 0.297 e. The Hall–Kier alpha value is -3.25. The molecule has 6 heteroatoms. The number of rotatable bonds is 7. The molecule has 0 radical (unpaired) electrons. The van der Waals surface area contributed by atoms with Gasteiger partial charge < -0.3 is 0 Å². The van der Waals surface area contributed by atoms with Crippen molar-refractivity contribution in [2.45, 2.75) is 13.8 Å². The van der Waals surface area contributed by atoms with Gasteiger partial charge in [0.15, 0.2) is 5.84 Å². The lowest BCUT2D eigenvalue weighted by molar-refractivity contribution is -0.133. The second-order valence-electron chi connectivity index (χ2n) is 6.38. The zero-order valence-electron chi connectivity index (χ0n) is 16.1. The number of amides is 2. The normalized spacial score (nSPS) is 15.2. The summed E-state index contributed by atoms with van der Waals surface area (Å²) in [5.41, 5.74) is 4.64. The van der Waals surface area contributed by atoms with E-state index in [0.717, 1.165) is 24.2 Å². The molecule has 2 amide bonds. The smallest absolute Gasteiger partial charge is 0.295 e. The molecule has 1 heterocycles. The number of hydrogen-bond acceptors (Lipinski definition) is 4. The van der Waals surface area contributed by atoms with E-state index >= 15 is 0 Å². The fraction of sp³-hybridized carbons (Fsp3) is 0.227. The number of hydrogen-bond donors (Lipinski definition) is 1. The molecular formula is C22H24N4O2. The molecule has 1 N–H and O–H groups in total. The van der Waals surface area contributed by atoms with E-state index in [1.807, 2.05) is 79.4 Å². The zero-order chi connectivity index (χ0) is 19.9. The van der Waals surface area contributed by atoms with Crippen molar-refractivity contribution < 1.29 is 9.59 Å². The lowest BCUT2D eigenvalue weighted by Crippen LogP contribution is -2.50. The lowest BCUT2D eigenvalue weighted by Gasteiger charge is -2.22. The van der Waals surface area contributed by atoms with Crippen LogP contribution < -0.4 is 5.43 Å². The topological polar surface area (TPSA) is 65.0 Å². The van der Waals surface area contributed by atoms with Crippen LogP contribution in [0.25, 0.3) is 6.08 Å². The minimum atomic E-state index is -0.351. The van der Waals surface area contributed by atoms with Gasteiger partial charge in [-0.3, -0.25) is 19.9 Å². The Labute approximate surface area is 165 Å². The van der Waals surface area contributed by atoms with Gasteiger partial charge in [-0.25, -0.2) is 4.99 Å². The molecule has 3 rings (SSSR count). The Bertz CT molecular complexity index is 887. The summed E-state index contributed by atoms with van der Waals surface area (Å²) in [7, 11) is 0. The molecule has 0 unspecified atom stereocenters. The van der Waals surface area contributed by atoms with E-state index in [1.54, 1.807) is 6.08 Å². The van der Waals surface area contributed by atoms with E-state index in [2.05, 4.69) is 10.4 Å². The second-order valence-corrected chi connectivity index (χ2v) is 6.38. The van der Waals surface area contributed by atoms with Crippen molar-refractivity contribution in [3.8, 4) is 0 Å². The summed E-state index contributed by atoms with van der Waals surface area (Å²) in [6.45, 7) is 5.73. The van der Waals surface area contributed by atoms with E-state index in [-0.39, 0.29) is 24.1 Å². The summed E-state index contributed by atoms with van der Waals surface area (Å²) in [5.74, 6) is -0.182. The Balaban J connectivity index is 1.89. The Morgan fingerprint density at radius 3 is 2.25 bits per heavy atom. The first-order chi connectivity index (χ1) is 13.6. The van der Waals surface area contributed by atoms with E-state index < -0.39 is 0 Å². The fourth-order valence-electron chi connectivity index (χ4n) is 2.92. The van der Waals surface area contributed by atoms with Gasteiger partial charge in [-0.2, -0.15) is 5.01 Å². The molecule has 0 aliphatic carbocycles. The molecule has 0 saturated carbocycles. The number of hydrazine groups is 1. The molecule has 0 bridgehead atoms. The molecule has 6 nitrogen and oxygen atoms in total. The zero-order valence-corrected chi connectivity index (χ0v) is 16.1. The van der Waals surface area contributed by atoms with E-state index in [0.29, 0.717) is 5.84 Å². The Morgan fingerprint density at radius 2 is 1.64 bits per heavy atom. The van der Waals surface area contributed by atoms with Crippen LogP contribution in [0.2, 0.25) is 0 Å². The third kappa shape index (κ3) is 4.53. The molecule has 0 spiro atoms. The van der Waals surface area contributed by atoms with Crippen molar-refractivity contribution in [2.24, 2.45) is 4.99 Å². The molecule has 0 atom stereocenters. The summed E-state index contributed by atoms with van der Waals surface area (Å²) in [5, 5.41) is 1.25. The first-order valence-electron chi connectivity index (χ1n) is 9.39. The Kier molecular flexibility index (Phi) is 6.34. The third-order valence-electron chi connectivity index (χ3n) is 4.49. The summed E-state index contributed by atoms with van der Waals surface area (Å²) in [4.78, 5) is 32.0. The van der Waals surface area contributed by atoms with Gasteiger partial charge in [0.25, 0.3) is 11.8 Å². The van der Waals surface area contributed by atoms with Gasteiger partial charge in [0.05, 0.1) is 6.54 Å². The Morgan fingerprint density at radius 1 is 1.04 bits per heavy atom. The van der Waals surface area contributed by atoms with Gasteiger partial charge in [-0.05, 0) is 24.7 Å². The van der Waals surface area contributed by atoms with Crippen molar-refractivity contribution in [2.75, 3.05) is 19.6 Å². The first kappa shape index (κ1) is 19.5. The highest BCUT2D eigenvalue weighted by Crippen LogP contribution is 2.20. The van der Waals surface area contributed by atoms with Gasteiger partial charge in [-0.1, -0.05) is 74.5 Å². The minimum absolute atomic E-state index is 0.219. The molecule has 1 aliphatic heterocycles. The molecule has 1 aliphatic rings. The molecule has 144 valence electrons. The van der Waals surface area contributed by atoms with Crippen LogP contribution in [0.3, 0.4) is 0 Å². The van der Waals surface area contributed by atoms with E-state index in [1.165, 1.54) is 5.01 Å². The summed E-state index contributed by atoms with van der Waals surface area (Å²) in [6, 6.07) is 18.9. The van der Waals surface area contributed by atoms with Gasteiger partial charge in [0.1, 0.15) is 5.70 Å². The maximum absolute atomic E-state index is 13.0. The number of likely N-dealkylation sites (N-methyl/N-ethyl adjacent to an activating group) is 1. The van der Waals surface area contributed by atoms with Crippen LogP contribution >= 0.6 is 0 Å². The standard InChI is InChI=1S/C22H24N4O2/c1-3-25(4-2)16-20(27)24-26-21(18-13-9-6-10-14-18)23-19(22(26)28)15-17-11-7-5-8-12-17/h5-15H,3-4,16H2,1-2H3,(H,24,27)/b19-15+. The fourth-order valence-corrected chi connectivity index (χ4v) is 2.92. The van der Waals surface area contributed by atoms with Crippen molar-refractivity contribution >= 4 is 23.7 Å². The van der Waals surface area contributed by atoms with Crippen LogP contribution in [0.4, 0.5) is 0 Å². The molecule has 0 aromatic heterocycles. The molecule has 2 aromatic rings. The molecule has 28 heavy (non-hydrogen) atoms. The SMILES string of the molecule is CCN(CC)CC(=O)NN1C(=O)/C(=C\c2ccccc2)N=C1c1ccccc1. The molecule has 0 fully saturated rings. The van der Waals surface area contributed by atoms with Crippen molar-refractivity contribution in [3.05, 3.63) is 77.5 Å². The van der Waals surface area contributed by atoms with Crippen LogP contribution in [-0.2, 0) is 9.59 Å². The number of benzene rings is 2. The maximum atomic E-state index is 13.0. The predicted molar refractivity (Wildman–Crippen MR) is 110 cm³/mol. The van der Waals surface area contributed by atoms with E-state index in [9.17, 15) is 9.59 Å². The second kappa shape index (κ2) is 9.10. The lowest BCUT2D eigenvalue weighted by atomic mass is 10.2. The molecule has 2 aromatic carbocycles. The summed E-state index contributed by atoms with van der Waals surface area (Å²) < 4.78 is 0. The van der Waals surface area contributed by atoms with Crippen molar-refractivity contribution in [1.29, 1.82) is 0 Å². The average molecular weight is 376 g/mol. The number of carbonyl (C=O) groups is 2. The third-order valence-corrected chi connectivity index (χ3v) is 4.49. The minimum Gasteiger partial charge on any atom is -0.295 e. The van der Waals surface area contributed by atoms with Crippen LogP contribution in [0, 0.1) is 0 Å². The van der Waals surface area contributed by atoms with Crippen LogP contribution in [-0.4, -0.2) is 47.2 Å². The average Bonchev–Trinajstić information content (AvgIpc) is 3.03. The van der Waals surface area contributed by atoms with Crippen LogP contribution in [0.5, 0.6) is 0 Å². The molecule has 0 saturated heterocycles. The predicted octanol–water partition coefficient (Wildman–Crippen LogP) is 2.69. The summed E-state index contributed by atoms with van der Waals surface area (Å²) >= 11 is 0. The number of carbonyl (C=O) groups excluding carboxylic acids is 2. The van der Waals surface area contributed by atoms with Gasteiger partial charge >= 0.3 is 0 Å². The highest BCUT2D eigenvalue weighted by atomic mass is 16.2. The van der Waals surface area contributed by atoms with Crippen molar-refractivity contribution in [3.63, 3.8) is 0 Å².